The fourth-order valence-corrected chi connectivity index (χ4v) is 2.60. The molecule has 4 nitrogen and oxygen atoms in total. The molecule has 0 radical (unpaired) electrons. The molecule has 0 fully saturated rings. The molecule has 4 heteroatoms. The van der Waals surface area contributed by atoms with Crippen LogP contribution in [-0.4, -0.2) is 10.9 Å². The van der Waals surface area contributed by atoms with Crippen LogP contribution in [0.15, 0.2) is 34.7 Å². The number of hydrogen-bond acceptors (Lipinski definition) is 2. The molecule has 0 bridgehead atoms. The Bertz CT molecular complexity index is 840. The summed E-state index contributed by atoms with van der Waals surface area (Å²) in [5, 5.41) is 3.99. The molecule has 2 N–H and O–H groups in total. The molecule has 114 valence electrons. The van der Waals surface area contributed by atoms with Gasteiger partial charge in [-0.25, -0.2) is 0 Å². The number of nitrogens with one attached hydrogen (secondary N) is 2. The van der Waals surface area contributed by atoms with Gasteiger partial charge in [0.2, 0.25) is 0 Å². The predicted molar refractivity (Wildman–Crippen MR) is 88.5 cm³/mol. The van der Waals surface area contributed by atoms with Gasteiger partial charge < -0.3 is 14.7 Å². The molecule has 3 aromatic rings. The summed E-state index contributed by atoms with van der Waals surface area (Å²) in [6, 6.07) is 9.78. The van der Waals surface area contributed by atoms with Crippen LogP contribution in [0.3, 0.4) is 0 Å². The van der Waals surface area contributed by atoms with E-state index in [0.717, 1.165) is 28.0 Å². The highest BCUT2D eigenvalue weighted by Crippen LogP contribution is 2.30. The first-order valence-corrected chi connectivity index (χ1v) is 7.45. The Balaban J connectivity index is 2.00. The Morgan fingerprint density at radius 2 is 1.95 bits per heavy atom. The lowest BCUT2D eigenvalue weighted by Crippen LogP contribution is -2.11. The van der Waals surface area contributed by atoms with Crippen LogP contribution in [0, 0.1) is 13.8 Å². The summed E-state index contributed by atoms with van der Waals surface area (Å²) in [7, 11) is 0. The maximum Gasteiger partial charge on any atom is 0.291 e. The summed E-state index contributed by atoms with van der Waals surface area (Å²) >= 11 is 0. The maximum atomic E-state index is 12.3. The predicted octanol–water partition coefficient (Wildman–Crippen LogP) is 4.75. The summed E-state index contributed by atoms with van der Waals surface area (Å²) in [5.41, 5.74) is 4.02. The summed E-state index contributed by atoms with van der Waals surface area (Å²) in [6.45, 7) is 8.09. The second-order valence-electron chi connectivity index (χ2n) is 5.95. The number of benzene rings is 1. The molecular formula is C18H20N2O2. The molecule has 2 heterocycles. The average molecular weight is 296 g/mol. The van der Waals surface area contributed by atoms with Gasteiger partial charge in [0.15, 0.2) is 5.76 Å². The van der Waals surface area contributed by atoms with Crippen LogP contribution in [0.1, 0.15) is 47.3 Å². The Hall–Kier alpha value is -2.49. The molecule has 0 spiro atoms. The molecule has 22 heavy (non-hydrogen) atoms. The Kier molecular flexibility index (Phi) is 3.53. The number of H-pyrrole nitrogens is 1. The first-order valence-electron chi connectivity index (χ1n) is 7.45. The van der Waals surface area contributed by atoms with E-state index in [1.165, 1.54) is 5.56 Å². The summed E-state index contributed by atoms with van der Waals surface area (Å²) in [6.07, 6.45) is 0. The smallest absolute Gasteiger partial charge is 0.291 e. The van der Waals surface area contributed by atoms with Crippen LogP contribution in [0.5, 0.6) is 0 Å². The highest BCUT2D eigenvalue weighted by molar-refractivity contribution is 6.08. The number of furan rings is 1. The van der Waals surface area contributed by atoms with E-state index in [1.54, 1.807) is 12.1 Å². The number of hydrogen-bond donors (Lipinski definition) is 2. The third-order valence-corrected chi connectivity index (χ3v) is 3.88. The number of aryl methyl sites for hydroxylation is 2. The molecule has 0 aliphatic heterocycles. The zero-order valence-corrected chi connectivity index (χ0v) is 13.3. The number of amides is 1. The second-order valence-corrected chi connectivity index (χ2v) is 5.95. The van der Waals surface area contributed by atoms with E-state index < -0.39 is 0 Å². The van der Waals surface area contributed by atoms with Crippen molar-refractivity contribution < 1.29 is 9.21 Å². The molecule has 3 rings (SSSR count). The first-order chi connectivity index (χ1) is 10.5. The number of carbonyl (C=O) groups is 1. The van der Waals surface area contributed by atoms with Crippen molar-refractivity contribution in [3.8, 4) is 0 Å². The number of fused-ring (bicyclic) bond motifs is 1. The van der Waals surface area contributed by atoms with Crippen molar-refractivity contribution in [3.05, 3.63) is 53.1 Å². The van der Waals surface area contributed by atoms with Gasteiger partial charge in [0.05, 0.1) is 5.69 Å². The normalized spacial score (nSPS) is 11.3. The second kappa shape index (κ2) is 5.37. The molecule has 0 aliphatic rings. The van der Waals surface area contributed by atoms with Gasteiger partial charge in [-0.05, 0) is 49.6 Å². The molecule has 2 aromatic heterocycles. The maximum absolute atomic E-state index is 12.3. The number of rotatable bonds is 3. The highest BCUT2D eigenvalue weighted by Gasteiger charge is 2.16. The molecule has 1 aromatic carbocycles. The largest absolute Gasteiger partial charge is 0.456 e. The van der Waals surface area contributed by atoms with Crippen LogP contribution in [0.25, 0.3) is 10.9 Å². The third-order valence-electron chi connectivity index (χ3n) is 3.88. The monoisotopic (exact) mass is 296 g/mol. The van der Waals surface area contributed by atoms with Gasteiger partial charge in [0.25, 0.3) is 5.91 Å². The minimum absolute atomic E-state index is 0.230. The lowest BCUT2D eigenvalue weighted by molar-refractivity contribution is 0.0995. The van der Waals surface area contributed by atoms with Gasteiger partial charge in [-0.15, -0.1) is 0 Å². The van der Waals surface area contributed by atoms with Crippen LogP contribution in [-0.2, 0) is 0 Å². The van der Waals surface area contributed by atoms with Gasteiger partial charge in [-0.1, -0.05) is 19.9 Å². The zero-order valence-electron chi connectivity index (χ0n) is 13.3. The Morgan fingerprint density at radius 3 is 2.59 bits per heavy atom. The standard InChI is InChI=1S/C18H20N2O2/c1-10(2)13-6-7-15-14(9-13)17(12(4)19-15)20-18(21)16-8-5-11(3)22-16/h5-10,19H,1-4H3,(H,20,21). The SMILES string of the molecule is Cc1ccc(C(=O)Nc2c(C)[nH]c3ccc(C(C)C)cc23)o1. The minimum Gasteiger partial charge on any atom is -0.456 e. The van der Waals surface area contributed by atoms with Gasteiger partial charge in [-0.2, -0.15) is 0 Å². The van der Waals surface area contributed by atoms with Crippen molar-refractivity contribution in [1.29, 1.82) is 0 Å². The number of aromatic nitrogens is 1. The van der Waals surface area contributed by atoms with Crippen LogP contribution in [0.2, 0.25) is 0 Å². The van der Waals surface area contributed by atoms with Crippen molar-refractivity contribution in [2.45, 2.75) is 33.6 Å². The van der Waals surface area contributed by atoms with E-state index in [1.807, 2.05) is 13.8 Å². The van der Waals surface area contributed by atoms with Crippen LogP contribution >= 0.6 is 0 Å². The molecule has 0 unspecified atom stereocenters. The fraction of sp³-hybridized carbons (Fsp3) is 0.278. The van der Waals surface area contributed by atoms with Gasteiger partial charge in [-0.3, -0.25) is 4.79 Å². The van der Waals surface area contributed by atoms with Crippen molar-refractivity contribution in [1.82, 2.24) is 4.98 Å². The summed E-state index contributed by atoms with van der Waals surface area (Å²) in [5.74, 6) is 1.26. The van der Waals surface area contributed by atoms with Gasteiger partial charge in [0.1, 0.15) is 5.76 Å². The number of aromatic amines is 1. The minimum atomic E-state index is -0.230. The van der Waals surface area contributed by atoms with E-state index in [4.69, 9.17) is 4.42 Å². The van der Waals surface area contributed by atoms with E-state index in [9.17, 15) is 4.79 Å². The first kappa shape index (κ1) is 14.4. The van der Waals surface area contributed by atoms with Gasteiger partial charge in [0, 0.05) is 16.6 Å². The summed E-state index contributed by atoms with van der Waals surface area (Å²) < 4.78 is 5.39. The van der Waals surface area contributed by atoms with Crippen LogP contribution < -0.4 is 5.32 Å². The van der Waals surface area contributed by atoms with E-state index in [0.29, 0.717) is 11.7 Å². The van der Waals surface area contributed by atoms with E-state index in [-0.39, 0.29) is 5.91 Å². The lowest BCUT2D eigenvalue weighted by Gasteiger charge is -2.07. The quantitative estimate of drug-likeness (QED) is 0.732. The molecule has 1 amide bonds. The molecule has 0 saturated heterocycles. The average Bonchev–Trinajstić information content (AvgIpc) is 3.03. The van der Waals surface area contributed by atoms with Crippen LogP contribution in [0.4, 0.5) is 5.69 Å². The fourth-order valence-electron chi connectivity index (χ4n) is 2.60. The summed E-state index contributed by atoms with van der Waals surface area (Å²) in [4.78, 5) is 15.6. The third kappa shape index (κ3) is 2.52. The van der Waals surface area contributed by atoms with E-state index in [2.05, 4.69) is 42.3 Å². The van der Waals surface area contributed by atoms with Crippen molar-refractivity contribution >= 4 is 22.5 Å². The molecule has 0 atom stereocenters. The molecule has 0 aliphatic carbocycles. The van der Waals surface area contributed by atoms with Crippen molar-refractivity contribution in [2.75, 3.05) is 5.32 Å². The van der Waals surface area contributed by atoms with Crippen molar-refractivity contribution in [2.24, 2.45) is 0 Å². The highest BCUT2D eigenvalue weighted by atomic mass is 16.3. The van der Waals surface area contributed by atoms with Gasteiger partial charge >= 0.3 is 0 Å². The zero-order chi connectivity index (χ0) is 15.9. The lowest BCUT2D eigenvalue weighted by atomic mass is 10.0. The molecule has 0 saturated carbocycles. The Labute approximate surface area is 129 Å². The van der Waals surface area contributed by atoms with E-state index >= 15 is 0 Å². The molecular weight excluding hydrogens is 276 g/mol. The Morgan fingerprint density at radius 1 is 1.18 bits per heavy atom. The number of carbonyl (C=O) groups excluding carboxylic acids is 1. The van der Waals surface area contributed by atoms with Crippen molar-refractivity contribution in [3.63, 3.8) is 0 Å². The topological polar surface area (TPSA) is 58.0 Å². The number of anilines is 1.